The van der Waals surface area contributed by atoms with Crippen molar-refractivity contribution in [3.63, 3.8) is 0 Å². The highest BCUT2D eigenvalue weighted by Crippen LogP contribution is 2.16. The molecule has 144 valence electrons. The first-order valence-corrected chi connectivity index (χ1v) is 9.04. The number of hydrogen-bond donors (Lipinski definition) is 2. The van der Waals surface area contributed by atoms with Gasteiger partial charge in [0.1, 0.15) is 0 Å². The number of rotatable bonds is 10. The number of nitrogens with zero attached hydrogens (tertiary/aromatic N) is 1. The van der Waals surface area contributed by atoms with Gasteiger partial charge in [-0.2, -0.15) is 0 Å². The maximum Gasteiger partial charge on any atom is 0.179 e. The molecule has 0 bridgehead atoms. The molecule has 0 saturated carbocycles. The predicted molar refractivity (Wildman–Crippen MR) is 109 cm³/mol. The van der Waals surface area contributed by atoms with Crippen LogP contribution in [0.5, 0.6) is 0 Å². The fourth-order valence-corrected chi connectivity index (χ4v) is 2.96. The maximum absolute atomic E-state index is 12.5. The van der Waals surface area contributed by atoms with Gasteiger partial charge in [0.2, 0.25) is 0 Å². The van der Waals surface area contributed by atoms with Gasteiger partial charge in [0.05, 0.1) is 12.3 Å². The van der Waals surface area contributed by atoms with E-state index in [2.05, 4.69) is 24.3 Å². The maximum atomic E-state index is 12.5. The van der Waals surface area contributed by atoms with Crippen molar-refractivity contribution in [1.29, 1.82) is 0 Å². The molecule has 4 nitrogen and oxygen atoms in total. The number of aromatic nitrogens is 1. The molecular weight excluding hydrogens is 348 g/mol. The Morgan fingerprint density at radius 1 is 1.12 bits per heavy atom. The van der Waals surface area contributed by atoms with Crippen LogP contribution < -0.4 is 5.73 Å². The number of unbranched alkanes of at least 4 members (excludes halogenated alkanes) is 1. The van der Waals surface area contributed by atoms with Crippen molar-refractivity contribution in [2.45, 2.75) is 51.0 Å². The second-order valence-electron chi connectivity index (χ2n) is 7.20. The molecule has 0 aliphatic carbocycles. The van der Waals surface area contributed by atoms with E-state index in [0.29, 0.717) is 12.8 Å². The first-order valence-electron chi connectivity index (χ1n) is 9.04. The van der Waals surface area contributed by atoms with E-state index in [1.807, 2.05) is 36.7 Å². The average molecular weight is 379 g/mol. The summed E-state index contributed by atoms with van der Waals surface area (Å²) in [6.45, 7) is 1.80. The average Bonchev–Trinajstić information content (AvgIpc) is 2.98. The number of aliphatic hydroxyl groups is 1. The van der Waals surface area contributed by atoms with Crippen LogP contribution in [-0.2, 0) is 19.9 Å². The van der Waals surface area contributed by atoms with Crippen LogP contribution in [0.1, 0.15) is 54.4 Å². The minimum Gasteiger partial charge on any atom is -0.394 e. The van der Waals surface area contributed by atoms with Crippen molar-refractivity contribution in [3.05, 3.63) is 59.4 Å². The molecule has 2 aromatic rings. The van der Waals surface area contributed by atoms with Crippen LogP contribution in [0.3, 0.4) is 0 Å². The summed E-state index contributed by atoms with van der Waals surface area (Å²) in [5.41, 5.74) is 8.57. The molecule has 0 fully saturated rings. The third kappa shape index (κ3) is 6.60. The number of aryl methyl sites for hydroxylation is 2. The number of carbonyl (C=O) groups excluding carboxylic acids is 1. The molecule has 1 atom stereocenters. The third-order valence-electron chi connectivity index (χ3n) is 4.79. The molecule has 2 rings (SSSR count). The van der Waals surface area contributed by atoms with Crippen LogP contribution in [0.25, 0.3) is 0 Å². The molecule has 0 spiro atoms. The fraction of sp³-hybridized carbons (Fsp3) is 0.476. The molecule has 0 radical (unpaired) electrons. The molecule has 0 aliphatic heterocycles. The number of benzene rings is 1. The highest BCUT2D eigenvalue weighted by atomic mass is 35.5. The number of carbonyl (C=O) groups is 1. The lowest BCUT2D eigenvalue weighted by Gasteiger charge is -2.21. The van der Waals surface area contributed by atoms with E-state index in [4.69, 9.17) is 5.73 Å². The van der Waals surface area contributed by atoms with Crippen molar-refractivity contribution in [1.82, 2.24) is 4.57 Å². The summed E-state index contributed by atoms with van der Waals surface area (Å²) >= 11 is 0. The Balaban J connectivity index is 0.00000338. The van der Waals surface area contributed by atoms with Crippen molar-refractivity contribution in [2.24, 2.45) is 12.8 Å². The van der Waals surface area contributed by atoms with Crippen LogP contribution in [0.4, 0.5) is 0 Å². The highest BCUT2D eigenvalue weighted by molar-refractivity contribution is 5.94. The molecular formula is C21H31ClN2O2. The van der Waals surface area contributed by atoms with Gasteiger partial charge in [-0.25, -0.2) is 0 Å². The van der Waals surface area contributed by atoms with Gasteiger partial charge in [-0.1, -0.05) is 30.3 Å². The molecule has 0 saturated heterocycles. The lowest BCUT2D eigenvalue weighted by atomic mass is 9.97. The zero-order valence-corrected chi connectivity index (χ0v) is 16.6. The second kappa shape index (κ2) is 10.5. The van der Waals surface area contributed by atoms with Gasteiger partial charge in [0.15, 0.2) is 5.78 Å². The summed E-state index contributed by atoms with van der Waals surface area (Å²) in [4.78, 5) is 12.5. The molecule has 1 heterocycles. The SMILES string of the molecule is Cl.Cn1c(CCC(C)(N)CO)ccc1C(=O)CCCCc1ccccc1. The summed E-state index contributed by atoms with van der Waals surface area (Å²) in [7, 11) is 1.93. The van der Waals surface area contributed by atoms with Gasteiger partial charge < -0.3 is 15.4 Å². The van der Waals surface area contributed by atoms with Crippen molar-refractivity contribution >= 4 is 18.2 Å². The number of Topliss-reactive ketones (excluding diaryl/α,β-unsaturated/α-hetero) is 1. The Morgan fingerprint density at radius 3 is 2.46 bits per heavy atom. The smallest absolute Gasteiger partial charge is 0.179 e. The van der Waals surface area contributed by atoms with Gasteiger partial charge in [-0.05, 0) is 56.7 Å². The zero-order chi connectivity index (χ0) is 18.3. The van der Waals surface area contributed by atoms with E-state index in [1.165, 1.54) is 5.56 Å². The summed E-state index contributed by atoms with van der Waals surface area (Å²) < 4.78 is 1.97. The Hall–Kier alpha value is -1.62. The molecule has 0 amide bonds. The summed E-state index contributed by atoms with van der Waals surface area (Å²) in [5, 5.41) is 9.25. The number of nitrogens with two attached hydrogens (primary N) is 1. The zero-order valence-electron chi connectivity index (χ0n) is 15.8. The third-order valence-corrected chi connectivity index (χ3v) is 4.79. The van der Waals surface area contributed by atoms with E-state index >= 15 is 0 Å². The number of ketones is 1. The van der Waals surface area contributed by atoms with Crippen LogP contribution in [0, 0.1) is 0 Å². The lowest BCUT2D eigenvalue weighted by Crippen LogP contribution is -2.40. The number of aliphatic hydroxyl groups excluding tert-OH is 1. The van der Waals surface area contributed by atoms with E-state index in [9.17, 15) is 9.90 Å². The molecule has 1 aromatic carbocycles. The van der Waals surface area contributed by atoms with Crippen molar-refractivity contribution in [2.75, 3.05) is 6.61 Å². The van der Waals surface area contributed by atoms with Crippen molar-refractivity contribution in [3.8, 4) is 0 Å². The van der Waals surface area contributed by atoms with Crippen LogP contribution in [-0.4, -0.2) is 27.6 Å². The number of hydrogen-bond acceptors (Lipinski definition) is 3. The van der Waals surface area contributed by atoms with Gasteiger partial charge in [-0.15, -0.1) is 12.4 Å². The quantitative estimate of drug-likeness (QED) is 0.489. The highest BCUT2D eigenvalue weighted by Gasteiger charge is 2.19. The van der Waals surface area contributed by atoms with Gasteiger partial charge in [-0.3, -0.25) is 4.79 Å². The first kappa shape index (κ1) is 22.4. The molecule has 26 heavy (non-hydrogen) atoms. The summed E-state index contributed by atoms with van der Waals surface area (Å²) in [5.74, 6) is 0.194. The molecule has 3 N–H and O–H groups in total. The minimum absolute atomic E-state index is 0. The van der Waals surface area contributed by atoms with E-state index in [0.717, 1.165) is 37.1 Å². The molecule has 5 heteroatoms. The Kier molecular flexibility index (Phi) is 9.06. The van der Waals surface area contributed by atoms with E-state index in [1.54, 1.807) is 0 Å². The first-order chi connectivity index (χ1) is 11.9. The molecule has 1 unspecified atom stereocenters. The van der Waals surface area contributed by atoms with Crippen molar-refractivity contribution < 1.29 is 9.90 Å². The largest absolute Gasteiger partial charge is 0.394 e. The number of halogens is 1. The van der Waals surface area contributed by atoms with Crippen LogP contribution >= 0.6 is 12.4 Å². The second-order valence-corrected chi connectivity index (χ2v) is 7.20. The minimum atomic E-state index is -0.577. The molecule has 0 aliphatic rings. The molecule has 1 aromatic heterocycles. The van der Waals surface area contributed by atoms with E-state index in [-0.39, 0.29) is 24.8 Å². The van der Waals surface area contributed by atoms with Crippen LogP contribution in [0.15, 0.2) is 42.5 Å². The Labute approximate surface area is 162 Å². The monoisotopic (exact) mass is 378 g/mol. The summed E-state index contributed by atoms with van der Waals surface area (Å²) in [6, 6.07) is 14.3. The van der Waals surface area contributed by atoms with E-state index < -0.39 is 5.54 Å². The standard InChI is InChI=1S/C21H30N2O2.ClH/c1-21(22,16-24)15-14-18-12-13-19(23(18)2)20(25)11-7-6-10-17-8-4-3-5-9-17;/h3-5,8-9,12-13,24H,6-7,10-11,14-16,22H2,1-2H3;1H. The lowest BCUT2D eigenvalue weighted by molar-refractivity contribution is 0.0971. The van der Waals surface area contributed by atoms with Gasteiger partial charge in [0, 0.05) is 24.7 Å². The van der Waals surface area contributed by atoms with Gasteiger partial charge >= 0.3 is 0 Å². The Bertz CT molecular complexity index is 681. The predicted octanol–water partition coefficient (Wildman–Crippen LogP) is 3.68. The van der Waals surface area contributed by atoms with Gasteiger partial charge in [0.25, 0.3) is 0 Å². The topological polar surface area (TPSA) is 68.2 Å². The Morgan fingerprint density at radius 2 is 1.81 bits per heavy atom. The van der Waals surface area contributed by atoms with Crippen LogP contribution in [0.2, 0.25) is 0 Å². The fourth-order valence-electron chi connectivity index (χ4n) is 2.96. The normalized spacial score (nSPS) is 13.1. The summed E-state index contributed by atoms with van der Waals surface area (Å²) in [6.07, 6.45) is 4.96.